The lowest BCUT2D eigenvalue weighted by molar-refractivity contribution is -0.386. The topological polar surface area (TPSA) is 117 Å². The van der Waals surface area contributed by atoms with E-state index in [0.29, 0.717) is 18.7 Å². The van der Waals surface area contributed by atoms with Crippen LogP contribution in [0.25, 0.3) is 0 Å². The van der Waals surface area contributed by atoms with E-state index >= 15 is 0 Å². The zero-order valence-corrected chi connectivity index (χ0v) is 12.0. The quantitative estimate of drug-likeness (QED) is 0.412. The molecule has 0 aromatic heterocycles. The van der Waals surface area contributed by atoms with Gasteiger partial charge in [0.1, 0.15) is 0 Å². The van der Waals surface area contributed by atoms with Crippen molar-refractivity contribution in [3.05, 3.63) is 33.9 Å². The molecule has 0 aliphatic rings. The van der Waals surface area contributed by atoms with Gasteiger partial charge in [-0.3, -0.25) is 14.9 Å². The molecule has 1 rings (SSSR count). The van der Waals surface area contributed by atoms with Crippen LogP contribution in [0.1, 0.15) is 12.5 Å². The summed E-state index contributed by atoms with van der Waals surface area (Å²) in [4.78, 5) is 22.2. The third-order valence-electron chi connectivity index (χ3n) is 2.73. The Morgan fingerprint density at radius 2 is 2.24 bits per heavy atom. The standard InChI is InChI=1S/C13H19N3O5/c1-9(13(17)15-5-6-20-2)21-12-4-3-10(8-14)7-11(12)16(18)19/h3-4,7,9H,5-6,8,14H2,1-2H3,(H,15,17). The summed E-state index contributed by atoms with van der Waals surface area (Å²) < 4.78 is 10.2. The molecule has 0 saturated heterocycles. The first-order valence-corrected chi connectivity index (χ1v) is 6.40. The Kier molecular flexibility index (Phi) is 6.57. The van der Waals surface area contributed by atoms with Crippen molar-refractivity contribution in [2.24, 2.45) is 5.73 Å². The maximum atomic E-state index is 11.7. The van der Waals surface area contributed by atoms with E-state index < -0.39 is 11.0 Å². The molecule has 1 unspecified atom stereocenters. The second-order valence-electron chi connectivity index (χ2n) is 4.31. The van der Waals surface area contributed by atoms with Crippen molar-refractivity contribution < 1.29 is 19.2 Å². The Hall–Kier alpha value is -2.19. The van der Waals surface area contributed by atoms with Crippen LogP contribution in [0.2, 0.25) is 0 Å². The van der Waals surface area contributed by atoms with E-state index in [2.05, 4.69) is 5.32 Å². The summed E-state index contributed by atoms with van der Waals surface area (Å²) in [6, 6.07) is 4.40. The third kappa shape index (κ3) is 5.01. The summed E-state index contributed by atoms with van der Waals surface area (Å²) in [6.07, 6.45) is -0.857. The van der Waals surface area contributed by atoms with Gasteiger partial charge >= 0.3 is 5.69 Å². The zero-order chi connectivity index (χ0) is 15.8. The van der Waals surface area contributed by atoms with Gasteiger partial charge in [-0.25, -0.2) is 0 Å². The molecule has 0 aliphatic carbocycles. The minimum Gasteiger partial charge on any atom is -0.474 e. The number of amides is 1. The molecule has 0 bridgehead atoms. The molecule has 8 nitrogen and oxygen atoms in total. The molecule has 3 N–H and O–H groups in total. The highest BCUT2D eigenvalue weighted by molar-refractivity contribution is 5.80. The van der Waals surface area contributed by atoms with E-state index in [4.69, 9.17) is 15.2 Å². The summed E-state index contributed by atoms with van der Waals surface area (Å²) in [5.41, 5.74) is 5.85. The molecule has 1 aromatic rings. The number of methoxy groups -OCH3 is 1. The van der Waals surface area contributed by atoms with Gasteiger partial charge in [0.25, 0.3) is 5.91 Å². The Morgan fingerprint density at radius 1 is 1.52 bits per heavy atom. The fourth-order valence-electron chi connectivity index (χ4n) is 1.60. The van der Waals surface area contributed by atoms with Crippen LogP contribution in [0.3, 0.4) is 0 Å². The summed E-state index contributed by atoms with van der Waals surface area (Å²) in [6.45, 7) is 2.43. The van der Waals surface area contributed by atoms with E-state index in [1.54, 1.807) is 6.07 Å². The van der Waals surface area contributed by atoms with E-state index in [0.717, 1.165) is 0 Å². The van der Waals surface area contributed by atoms with Gasteiger partial charge in [-0.1, -0.05) is 6.07 Å². The maximum absolute atomic E-state index is 11.7. The van der Waals surface area contributed by atoms with E-state index in [9.17, 15) is 14.9 Å². The number of nitrogens with zero attached hydrogens (tertiary/aromatic N) is 1. The van der Waals surface area contributed by atoms with Gasteiger partial charge in [0, 0.05) is 26.3 Å². The second kappa shape index (κ2) is 8.18. The number of benzene rings is 1. The van der Waals surface area contributed by atoms with Gasteiger partial charge in [0.05, 0.1) is 11.5 Å². The predicted molar refractivity (Wildman–Crippen MR) is 76.0 cm³/mol. The van der Waals surface area contributed by atoms with Crippen LogP contribution in [0.5, 0.6) is 5.75 Å². The minimum absolute atomic E-state index is 0.0339. The molecule has 0 spiro atoms. The monoisotopic (exact) mass is 297 g/mol. The largest absolute Gasteiger partial charge is 0.474 e. The first kappa shape index (κ1) is 16.9. The molecule has 0 heterocycles. The van der Waals surface area contributed by atoms with Crippen LogP contribution in [-0.2, 0) is 16.1 Å². The van der Waals surface area contributed by atoms with Gasteiger partial charge in [0.2, 0.25) is 0 Å². The van der Waals surface area contributed by atoms with Crippen LogP contribution in [0.15, 0.2) is 18.2 Å². The van der Waals surface area contributed by atoms with Gasteiger partial charge in [-0.15, -0.1) is 0 Å². The van der Waals surface area contributed by atoms with E-state index in [1.165, 1.54) is 26.2 Å². The number of hydrogen-bond donors (Lipinski definition) is 2. The second-order valence-corrected chi connectivity index (χ2v) is 4.31. The lowest BCUT2D eigenvalue weighted by atomic mass is 10.2. The molecule has 8 heteroatoms. The number of nitro groups is 1. The molecule has 0 fully saturated rings. The van der Waals surface area contributed by atoms with E-state index in [1.807, 2.05) is 0 Å². The molecule has 21 heavy (non-hydrogen) atoms. The summed E-state index contributed by atoms with van der Waals surface area (Å²) in [5, 5.41) is 13.6. The number of hydrogen-bond acceptors (Lipinski definition) is 6. The molecule has 0 aliphatic heterocycles. The van der Waals surface area contributed by atoms with Crippen molar-refractivity contribution in [2.45, 2.75) is 19.6 Å². The number of nitrogens with one attached hydrogen (secondary N) is 1. The van der Waals surface area contributed by atoms with Gasteiger partial charge in [0.15, 0.2) is 11.9 Å². The third-order valence-corrected chi connectivity index (χ3v) is 2.73. The highest BCUT2D eigenvalue weighted by Gasteiger charge is 2.21. The molecule has 0 radical (unpaired) electrons. The molecule has 1 aromatic carbocycles. The Bertz CT molecular complexity index is 507. The average molecular weight is 297 g/mol. The molecule has 0 saturated carbocycles. The van der Waals surface area contributed by atoms with Crippen molar-refractivity contribution in [1.29, 1.82) is 0 Å². The number of ether oxygens (including phenoxy) is 2. The summed E-state index contributed by atoms with van der Waals surface area (Å²) >= 11 is 0. The van der Waals surface area contributed by atoms with Crippen molar-refractivity contribution in [3.8, 4) is 5.75 Å². The first-order chi connectivity index (χ1) is 9.99. The van der Waals surface area contributed by atoms with Crippen molar-refractivity contribution in [1.82, 2.24) is 5.32 Å². The van der Waals surface area contributed by atoms with E-state index in [-0.39, 0.29) is 23.9 Å². The smallest absolute Gasteiger partial charge is 0.311 e. The molecule has 1 amide bonds. The van der Waals surface area contributed by atoms with Crippen LogP contribution < -0.4 is 15.8 Å². The van der Waals surface area contributed by atoms with Crippen molar-refractivity contribution in [3.63, 3.8) is 0 Å². The Labute approximate surface area is 122 Å². The molecule has 1 atom stereocenters. The number of nitro benzene ring substituents is 1. The predicted octanol–water partition coefficient (Wildman–Crippen LogP) is 0.583. The van der Waals surface area contributed by atoms with Crippen LogP contribution >= 0.6 is 0 Å². The Balaban J connectivity index is 2.77. The lowest BCUT2D eigenvalue weighted by Gasteiger charge is -2.15. The normalized spacial score (nSPS) is 11.8. The zero-order valence-electron chi connectivity index (χ0n) is 12.0. The lowest BCUT2D eigenvalue weighted by Crippen LogP contribution is -2.38. The first-order valence-electron chi connectivity index (χ1n) is 6.40. The number of rotatable bonds is 8. The van der Waals surface area contributed by atoms with Crippen molar-refractivity contribution >= 4 is 11.6 Å². The van der Waals surface area contributed by atoms with Crippen LogP contribution in [0.4, 0.5) is 5.69 Å². The molecule has 116 valence electrons. The summed E-state index contributed by atoms with van der Waals surface area (Å²) in [5.74, 6) is -0.337. The SMILES string of the molecule is COCCNC(=O)C(C)Oc1ccc(CN)cc1[N+](=O)[O-]. The Morgan fingerprint density at radius 3 is 2.81 bits per heavy atom. The number of carbonyl (C=O) groups excluding carboxylic acids is 1. The fraction of sp³-hybridized carbons (Fsp3) is 0.462. The maximum Gasteiger partial charge on any atom is 0.311 e. The van der Waals surface area contributed by atoms with Crippen molar-refractivity contribution in [2.75, 3.05) is 20.3 Å². The number of nitrogens with two attached hydrogens (primary N) is 1. The van der Waals surface area contributed by atoms with Gasteiger partial charge < -0.3 is 20.5 Å². The highest BCUT2D eigenvalue weighted by atomic mass is 16.6. The molecular formula is C13H19N3O5. The minimum atomic E-state index is -0.857. The van der Waals surface area contributed by atoms with Gasteiger partial charge in [-0.2, -0.15) is 0 Å². The summed E-state index contributed by atoms with van der Waals surface area (Å²) in [7, 11) is 1.52. The average Bonchev–Trinajstić information content (AvgIpc) is 2.47. The highest BCUT2D eigenvalue weighted by Crippen LogP contribution is 2.28. The van der Waals surface area contributed by atoms with Crippen LogP contribution in [0, 0.1) is 10.1 Å². The fourth-order valence-corrected chi connectivity index (χ4v) is 1.60. The van der Waals surface area contributed by atoms with Gasteiger partial charge in [-0.05, 0) is 18.6 Å². The molecular weight excluding hydrogens is 278 g/mol. The number of carbonyl (C=O) groups is 1. The van der Waals surface area contributed by atoms with Crippen LogP contribution in [-0.4, -0.2) is 37.2 Å².